The van der Waals surface area contributed by atoms with Crippen LogP contribution < -0.4 is 5.73 Å². The minimum atomic E-state index is -0.655. The van der Waals surface area contributed by atoms with Crippen molar-refractivity contribution in [2.75, 3.05) is 7.11 Å². The van der Waals surface area contributed by atoms with Crippen molar-refractivity contribution in [2.24, 2.45) is 5.73 Å². The zero-order chi connectivity index (χ0) is 12.5. The summed E-state index contributed by atoms with van der Waals surface area (Å²) in [7, 11) is 1.54. The Bertz CT molecular complexity index is 398. The smallest absolute Gasteiger partial charge is 0.147 e. The standard InChI is InChI=1S/C11H14BrClFNO/c1-11(2,16-3)10(15)6-4-5-7(12)8(13)9(6)14/h4-5,10H,15H2,1-3H3. The van der Waals surface area contributed by atoms with Gasteiger partial charge in [0.05, 0.1) is 16.7 Å². The molecule has 0 radical (unpaired) electrons. The maximum absolute atomic E-state index is 13.9. The van der Waals surface area contributed by atoms with Crippen LogP contribution >= 0.6 is 27.5 Å². The Kier molecular flexibility index (Phi) is 4.35. The fourth-order valence-electron chi connectivity index (χ4n) is 1.28. The lowest BCUT2D eigenvalue weighted by Gasteiger charge is -2.30. The molecule has 1 rings (SSSR count). The number of methoxy groups -OCH3 is 1. The Labute approximate surface area is 108 Å². The largest absolute Gasteiger partial charge is 0.377 e. The topological polar surface area (TPSA) is 35.2 Å². The first-order valence-electron chi connectivity index (χ1n) is 4.75. The third kappa shape index (κ3) is 2.56. The molecule has 0 spiro atoms. The first-order chi connectivity index (χ1) is 7.31. The number of rotatable bonds is 3. The molecule has 0 saturated heterocycles. The van der Waals surface area contributed by atoms with Gasteiger partial charge in [-0.1, -0.05) is 17.7 Å². The summed E-state index contributed by atoms with van der Waals surface area (Å²) in [6, 6.07) is 2.70. The van der Waals surface area contributed by atoms with Crippen LogP contribution in [0.25, 0.3) is 0 Å². The Hall–Kier alpha value is -0.160. The Morgan fingerprint density at radius 1 is 1.50 bits per heavy atom. The van der Waals surface area contributed by atoms with E-state index < -0.39 is 17.5 Å². The summed E-state index contributed by atoms with van der Waals surface area (Å²) >= 11 is 8.95. The fraction of sp³-hybridized carbons (Fsp3) is 0.455. The molecule has 5 heteroatoms. The van der Waals surface area contributed by atoms with Crippen LogP contribution in [-0.2, 0) is 4.74 Å². The predicted molar refractivity (Wildman–Crippen MR) is 67.1 cm³/mol. The summed E-state index contributed by atoms with van der Waals surface area (Å²) in [6.07, 6.45) is 0. The molecule has 0 aromatic heterocycles. The van der Waals surface area contributed by atoms with Crippen LogP contribution in [0.4, 0.5) is 4.39 Å². The third-order valence-corrected chi connectivity index (χ3v) is 3.93. The van der Waals surface area contributed by atoms with Crippen LogP contribution in [-0.4, -0.2) is 12.7 Å². The number of hydrogen-bond donors (Lipinski definition) is 1. The highest BCUT2D eigenvalue weighted by molar-refractivity contribution is 9.10. The van der Waals surface area contributed by atoms with Crippen molar-refractivity contribution in [2.45, 2.75) is 25.5 Å². The molecule has 0 amide bonds. The summed E-state index contributed by atoms with van der Waals surface area (Å²) in [5, 5.41) is 0.0415. The van der Waals surface area contributed by atoms with Gasteiger partial charge in [-0.3, -0.25) is 0 Å². The first-order valence-corrected chi connectivity index (χ1v) is 5.92. The van der Waals surface area contributed by atoms with Crippen molar-refractivity contribution < 1.29 is 9.13 Å². The molecule has 16 heavy (non-hydrogen) atoms. The second-order valence-electron chi connectivity index (χ2n) is 4.05. The van der Waals surface area contributed by atoms with E-state index in [1.807, 2.05) is 0 Å². The van der Waals surface area contributed by atoms with Crippen molar-refractivity contribution in [3.8, 4) is 0 Å². The summed E-state index contributed by atoms with van der Waals surface area (Å²) in [5.41, 5.74) is 5.66. The molecule has 1 aromatic carbocycles. The third-order valence-electron chi connectivity index (χ3n) is 2.68. The van der Waals surface area contributed by atoms with Crippen molar-refractivity contribution >= 4 is 27.5 Å². The SMILES string of the molecule is COC(C)(C)C(N)c1ccc(Br)c(Cl)c1F. The van der Waals surface area contributed by atoms with E-state index in [-0.39, 0.29) is 5.02 Å². The lowest BCUT2D eigenvalue weighted by atomic mass is 9.92. The predicted octanol–water partition coefficient (Wildman–Crippen LogP) is 3.67. The average molecular weight is 311 g/mol. The van der Waals surface area contributed by atoms with Crippen LogP contribution in [0.3, 0.4) is 0 Å². The highest BCUT2D eigenvalue weighted by Crippen LogP contribution is 2.34. The van der Waals surface area contributed by atoms with E-state index in [0.717, 1.165) is 0 Å². The van der Waals surface area contributed by atoms with E-state index in [9.17, 15) is 4.39 Å². The lowest BCUT2D eigenvalue weighted by Crippen LogP contribution is -2.37. The van der Waals surface area contributed by atoms with Gasteiger partial charge in [0.15, 0.2) is 0 Å². The minimum Gasteiger partial charge on any atom is -0.377 e. The van der Waals surface area contributed by atoms with E-state index in [4.69, 9.17) is 22.1 Å². The van der Waals surface area contributed by atoms with Crippen molar-refractivity contribution in [3.63, 3.8) is 0 Å². The molecule has 1 unspecified atom stereocenters. The number of nitrogens with two attached hydrogens (primary N) is 1. The molecule has 0 saturated carbocycles. The number of ether oxygens (including phenoxy) is 1. The Morgan fingerprint density at radius 2 is 2.06 bits per heavy atom. The monoisotopic (exact) mass is 309 g/mol. The molecule has 1 atom stereocenters. The molecule has 2 nitrogen and oxygen atoms in total. The molecule has 0 aliphatic heterocycles. The number of halogens is 3. The van der Waals surface area contributed by atoms with Crippen LogP contribution in [0.1, 0.15) is 25.5 Å². The zero-order valence-corrected chi connectivity index (χ0v) is 11.7. The van der Waals surface area contributed by atoms with Gasteiger partial charge in [-0.15, -0.1) is 0 Å². The maximum atomic E-state index is 13.9. The van der Waals surface area contributed by atoms with Gasteiger partial charge in [0.25, 0.3) is 0 Å². The average Bonchev–Trinajstić information content (AvgIpc) is 2.25. The van der Waals surface area contributed by atoms with Crippen molar-refractivity contribution in [1.29, 1.82) is 0 Å². The van der Waals surface area contributed by atoms with E-state index in [1.54, 1.807) is 26.0 Å². The molecule has 90 valence electrons. The second kappa shape index (κ2) is 5.00. The molecule has 0 heterocycles. The summed E-state index contributed by atoms with van der Waals surface area (Å²) in [4.78, 5) is 0. The van der Waals surface area contributed by atoms with Crippen LogP contribution in [0.15, 0.2) is 16.6 Å². The molecule has 0 aliphatic carbocycles. The molecule has 0 bridgehead atoms. The zero-order valence-electron chi connectivity index (χ0n) is 9.35. The van der Waals surface area contributed by atoms with Gasteiger partial charge in [-0.2, -0.15) is 0 Å². The Morgan fingerprint density at radius 3 is 2.56 bits per heavy atom. The highest BCUT2D eigenvalue weighted by Gasteiger charge is 2.30. The van der Waals surface area contributed by atoms with Gasteiger partial charge in [-0.05, 0) is 35.8 Å². The van der Waals surface area contributed by atoms with Gasteiger partial charge in [0.2, 0.25) is 0 Å². The normalized spacial score (nSPS) is 13.9. The molecule has 2 N–H and O–H groups in total. The molecular weight excluding hydrogens is 296 g/mol. The number of benzene rings is 1. The van der Waals surface area contributed by atoms with Crippen LogP contribution in [0.2, 0.25) is 5.02 Å². The van der Waals surface area contributed by atoms with E-state index in [2.05, 4.69) is 15.9 Å². The Balaban J connectivity index is 3.20. The van der Waals surface area contributed by atoms with Gasteiger partial charge in [-0.25, -0.2) is 4.39 Å². The maximum Gasteiger partial charge on any atom is 0.147 e. The molecular formula is C11H14BrClFNO. The minimum absolute atomic E-state index is 0.0415. The van der Waals surface area contributed by atoms with Crippen LogP contribution in [0, 0.1) is 5.82 Å². The number of hydrogen-bond acceptors (Lipinski definition) is 2. The quantitative estimate of drug-likeness (QED) is 0.865. The lowest BCUT2D eigenvalue weighted by molar-refractivity contribution is -0.000892. The first kappa shape index (κ1) is 13.9. The van der Waals surface area contributed by atoms with E-state index >= 15 is 0 Å². The van der Waals surface area contributed by atoms with Gasteiger partial charge >= 0.3 is 0 Å². The summed E-state index contributed by atoms with van der Waals surface area (Å²) < 4.78 is 19.6. The molecule has 1 aromatic rings. The molecule has 0 aliphatic rings. The van der Waals surface area contributed by atoms with Gasteiger partial charge in [0.1, 0.15) is 5.82 Å². The van der Waals surface area contributed by atoms with Crippen molar-refractivity contribution in [3.05, 3.63) is 33.0 Å². The summed E-state index contributed by atoms with van der Waals surface area (Å²) in [5.74, 6) is -0.506. The van der Waals surface area contributed by atoms with Crippen molar-refractivity contribution in [1.82, 2.24) is 0 Å². The summed E-state index contributed by atoms with van der Waals surface area (Å²) in [6.45, 7) is 3.60. The molecule has 0 fully saturated rings. The van der Waals surface area contributed by atoms with Gasteiger partial charge in [0, 0.05) is 17.1 Å². The second-order valence-corrected chi connectivity index (χ2v) is 5.28. The highest BCUT2D eigenvalue weighted by atomic mass is 79.9. The fourth-order valence-corrected chi connectivity index (χ4v) is 1.76. The van der Waals surface area contributed by atoms with Crippen LogP contribution in [0.5, 0.6) is 0 Å². The van der Waals surface area contributed by atoms with Gasteiger partial charge < -0.3 is 10.5 Å². The van der Waals surface area contributed by atoms with E-state index in [1.165, 1.54) is 7.11 Å². The van der Waals surface area contributed by atoms with E-state index in [0.29, 0.717) is 10.0 Å².